The van der Waals surface area contributed by atoms with Gasteiger partial charge in [0, 0.05) is 12.2 Å². The second-order valence-electron chi connectivity index (χ2n) is 6.36. The fraction of sp³-hybridized carbons (Fsp3) is 0.421. The molecule has 0 unspecified atom stereocenters. The van der Waals surface area contributed by atoms with Crippen molar-refractivity contribution in [1.82, 2.24) is 10.2 Å². The molecule has 0 spiro atoms. The molecular weight excluding hydrogens is 318 g/mol. The molecule has 4 nitrogen and oxygen atoms in total. The molecule has 1 fully saturated rings. The lowest BCUT2D eigenvalue weighted by molar-refractivity contribution is 0.216. The summed E-state index contributed by atoms with van der Waals surface area (Å²) in [6.07, 6.45) is 4.25. The van der Waals surface area contributed by atoms with Crippen LogP contribution in [-0.4, -0.2) is 29.6 Å². The van der Waals surface area contributed by atoms with Crippen LogP contribution in [0.5, 0.6) is 0 Å². The van der Waals surface area contributed by atoms with Crippen molar-refractivity contribution in [3.63, 3.8) is 0 Å². The molecule has 24 heavy (non-hydrogen) atoms. The lowest BCUT2D eigenvalue weighted by Crippen LogP contribution is -2.38. The zero-order valence-electron chi connectivity index (χ0n) is 14.3. The molecule has 1 aromatic carbocycles. The maximum atomic E-state index is 5.65. The molecule has 1 aromatic heterocycles. The minimum absolute atomic E-state index is 0.223. The highest BCUT2D eigenvalue weighted by Gasteiger charge is 2.25. The van der Waals surface area contributed by atoms with Crippen LogP contribution in [0, 0.1) is 13.8 Å². The first kappa shape index (κ1) is 17.0. The number of hydrogen-bond donors (Lipinski definition) is 2. The van der Waals surface area contributed by atoms with E-state index in [4.69, 9.17) is 16.6 Å². The monoisotopic (exact) mass is 343 g/mol. The third kappa shape index (κ3) is 3.97. The van der Waals surface area contributed by atoms with Gasteiger partial charge in [-0.25, -0.2) is 0 Å². The average molecular weight is 343 g/mol. The summed E-state index contributed by atoms with van der Waals surface area (Å²) in [5.41, 5.74) is 3.54. The summed E-state index contributed by atoms with van der Waals surface area (Å²) in [6, 6.07) is 10.4. The van der Waals surface area contributed by atoms with Crippen LogP contribution in [0.15, 0.2) is 41.0 Å². The third-order valence-electron chi connectivity index (χ3n) is 4.76. The van der Waals surface area contributed by atoms with Gasteiger partial charge >= 0.3 is 0 Å². The first-order chi connectivity index (χ1) is 11.6. The first-order valence-electron chi connectivity index (χ1n) is 8.53. The summed E-state index contributed by atoms with van der Waals surface area (Å²) in [6.45, 7) is 7.19. The van der Waals surface area contributed by atoms with Gasteiger partial charge < -0.3 is 15.1 Å². The lowest BCUT2D eigenvalue weighted by atomic mass is 10.1. The van der Waals surface area contributed by atoms with E-state index in [0.717, 1.165) is 31.1 Å². The predicted octanol–water partition coefficient (Wildman–Crippen LogP) is 4.02. The molecule has 0 radical (unpaired) electrons. The van der Waals surface area contributed by atoms with Gasteiger partial charge in [-0.05, 0) is 81.3 Å². The Labute approximate surface area is 149 Å². The lowest BCUT2D eigenvalue weighted by Gasteiger charge is -2.26. The molecule has 0 amide bonds. The number of furan rings is 1. The van der Waals surface area contributed by atoms with E-state index >= 15 is 0 Å². The van der Waals surface area contributed by atoms with Crippen LogP contribution in [0.25, 0.3) is 0 Å². The summed E-state index contributed by atoms with van der Waals surface area (Å²) < 4.78 is 5.65. The van der Waals surface area contributed by atoms with Crippen molar-refractivity contribution in [2.45, 2.75) is 32.7 Å². The summed E-state index contributed by atoms with van der Waals surface area (Å²) in [7, 11) is 0. The molecule has 0 aliphatic carbocycles. The standard InChI is InChI=1S/C19H25N3OS/c1-14-7-5-8-16(15(14)2)21-19(24)20-13-17(18-9-6-12-23-18)22-10-3-4-11-22/h5-9,12,17H,3-4,10-11,13H2,1-2H3,(H2,20,21,24)/t17-/m0/s1. The maximum Gasteiger partial charge on any atom is 0.170 e. The predicted molar refractivity (Wildman–Crippen MR) is 102 cm³/mol. The normalized spacial score (nSPS) is 16.1. The van der Waals surface area contributed by atoms with Crippen molar-refractivity contribution in [3.8, 4) is 0 Å². The number of rotatable bonds is 5. The number of hydrogen-bond acceptors (Lipinski definition) is 3. The van der Waals surface area contributed by atoms with Gasteiger partial charge in [-0.1, -0.05) is 12.1 Å². The van der Waals surface area contributed by atoms with Gasteiger partial charge in [0.1, 0.15) is 5.76 Å². The van der Waals surface area contributed by atoms with Crippen LogP contribution < -0.4 is 10.6 Å². The summed E-state index contributed by atoms with van der Waals surface area (Å²) in [5, 5.41) is 7.33. The zero-order valence-corrected chi connectivity index (χ0v) is 15.2. The van der Waals surface area contributed by atoms with E-state index in [9.17, 15) is 0 Å². The van der Waals surface area contributed by atoms with Crippen LogP contribution in [0.1, 0.15) is 35.8 Å². The van der Waals surface area contributed by atoms with Gasteiger partial charge in [0.05, 0.1) is 12.3 Å². The van der Waals surface area contributed by atoms with Gasteiger partial charge in [0.25, 0.3) is 0 Å². The van der Waals surface area contributed by atoms with Gasteiger partial charge in [-0.2, -0.15) is 0 Å². The Morgan fingerprint density at radius 2 is 2.00 bits per heavy atom. The van der Waals surface area contributed by atoms with Gasteiger partial charge in [0.2, 0.25) is 0 Å². The molecule has 5 heteroatoms. The summed E-state index contributed by atoms with van der Waals surface area (Å²) >= 11 is 5.49. The van der Waals surface area contributed by atoms with Crippen LogP contribution in [0.4, 0.5) is 5.69 Å². The summed E-state index contributed by atoms with van der Waals surface area (Å²) in [4.78, 5) is 2.46. The van der Waals surface area contributed by atoms with Crippen molar-refractivity contribution < 1.29 is 4.42 Å². The number of likely N-dealkylation sites (tertiary alicyclic amines) is 1. The number of benzene rings is 1. The van der Waals surface area contributed by atoms with Gasteiger partial charge in [-0.3, -0.25) is 4.90 Å². The number of aryl methyl sites for hydroxylation is 1. The second-order valence-corrected chi connectivity index (χ2v) is 6.77. The van der Waals surface area contributed by atoms with Crippen molar-refractivity contribution in [3.05, 3.63) is 53.5 Å². The molecule has 128 valence electrons. The highest BCUT2D eigenvalue weighted by molar-refractivity contribution is 7.80. The minimum Gasteiger partial charge on any atom is -0.468 e. The van der Waals surface area contributed by atoms with E-state index in [1.165, 1.54) is 24.0 Å². The van der Waals surface area contributed by atoms with E-state index in [-0.39, 0.29) is 6.04 Å². The summed E-state index contributed by atoms with van der Waals surface area (Å²) in [5.74, 6) is 0.999. The smallest absolute Gasteiger partial charge is 0.170 e. The fourth-order valence-corrected chi connectivity index (χ4v) is 3.38. The quantitative estimate of drug-likeness (QED) is 0.803. The van der Waals surface area contributed by atoms with Crippen LogP contribution in [-0.2, 0) is 0 Å². The topological polar surface area (TPSA) is 40.4 Å². The number of anilines is 1. The molecule has 3 rings (SSSR count). The Morgan fingerprint density at radius 3 is 2.71 bits per heavy atom. The Bertz CT molecular complexity index is 678. The van der Waals surface area contributed by atoms with E-state index in [0.29, 0.717) is 5.11 Å². The van der Waals surface area contributed by atoms with E-state index in [1.807, 2.05) is 18.2 Å². The van der Waals surface area contributed by atoms with Crippen molar-refractivity contribution in [2.24, 2.45) is 0 Å². The Kier molecular flexibility index (Phi) is 5.53. The third-order valence-corrected chi connectivity index (χ3v) is 5.01. The van der Waals surface area contributed by atoms with Crippen LogP contribution >= 0.6 is 12.2 Å². The average Bonchev–Trinajstić information content (AvgIpc) is 3.26. The minimum atomic E-state index is 0.223. The highest BCUT2D eigenvalue weighted by Crippen LogP contribution is 2.25. The molecule has 2 N–H and O–H groups in total. The highest BCUT2D eigenvalue weighted by atomic mass is 32.1. The second kappa shape index (κ2) is 7.81. The molecule has 1 atom stereocenters. The maximum absolute atomic E-state index is 5.65. The Balaban J connectivity index is 1.62. The van der Waals surface area contributed by atoms with Crippen molar-refractivity contribution in [2.75, 3.05) is 25.0 Å². The van der Waals surface area contributed by atoms with Crippen molar-refractivity contribution in [1.29, 1.82) is 0 Å². The molecular formula is C19H25N3OS. The van der Waals surface area contributed by atoms with E-state index in [1.54, 1.807) is 6.26 Å². The number of nitrogens with one attached hydrogen (secondary N) is 2. The van der Waals surface area contributed by atoms with E-state index in [2.05, 4.69) is 41.5 Å². The fourth-order valence-electron chi connectivity index (χ4n) is 3.19. The molecule has 0 bridgehead atoms. The van der Waals surface area contributed by atoms with Gasteiger partial charge in [0.15, 0.2) is 5.11 Å². The van der Waals surface area contributed by atoms with Crippen LogP contribution in [0.2, 0.25) is 0 Å². The number of thiocarbonyl (C=S) groups is 1. The molecule has 1 aliphatic rings. The van der Waals surface area contributed by atoms with E-state index < -0.39 is 0 Å². The van der Waals surface area contributed by atoms with Crippen LogP contribution in [0.3, 0.4) is 0 Å². The van der Waals surface area contributed by atoms with Gasteiger partial charge in [-0.15, -0.1) is 0 Å². The molecule has 2 heterocycles. The first-order valence-corrected chi connectivity index (χ1v) is 8.94. The SMILES string of the molecule is Cc1cccc(NC(=S)NC[C@@H](c2ccco2)N2CCCC2)c1C. The molecule has 2 aromatic rings. The molecule has 0 saturated carbocycles. The zero-order chi connectivity index (χ0) is 16.9. The Hall–Kier alpha value is -1.85. The van der Waals surface area contributed by atoms with Crippen molar-refractivity contribution >= 4 is 23.0 Å². The molecule has 1 saturated heterocycles. The number of nitrogens with zero attached hydrogens (tertiary/aromatic N) is 1. The largest absolute Gasteiger partial charge is 0.468 e. The molecule has 1 aliphatic heterocycles. The Morgan fingerprint density at radius 1 is 1.21 bits per heavy atom.